The molecule has 0 amide bonds. The highest BCUT2D eigenvalue weighted by Gasteiger charge is 2.09. The van der Waals surface area contributed by atoms with E-state index in [4.69, 9.17) is 10.5 Å². The highest BCUT2D eigenvalue weighted by molar-refractivity contribution is 5.48. The summed E-state index contributed by atoms with van der Waals surface area (Å²) in [5.74, 6) is 2.95. The van der Waals surface area contributed by atoms with E-state index in [-0.39, 0.29) is 0 Å². The first kappa shape index (κ1) is 14.1. The first-order valence-corrected chi connectivity index (χ1v) is 6.60. The maximum absolute atomic E-state index is 5.82. The van der Waals surface area contributed by atoms with Gasteiger partial charge in [0.1, 0.15) is 23.2 Å². The lowest BCUT2D eigenvalue weighted by atomic mass is 10.2. The smallest absolute Gasteiger partial charge is 0.134 e. The number of hydrogen-bond acceptors (Lipinski definition) is 5. The molecule has 0 aliphatic carbocycles. The molecule has 2 N–H and O–H groups in total. The van der Waals surface area contributed by atoms with Crippen LogP contribution in [0.1, 0.15) is 18.3 Å². The van der Waals surface area contributed by atoms with Gasteiger partial charge in [-0.1, -0.05) is 25.1 Å². The van der Waals surface area contributed by atoms with Gasteiger partial charge in [0.05, 0.1) is 7.11 Å². The second-order valence-corrected chi connectivity index (χ2v) is 4.59. The third kappa shape index (κ3) is 3.17. The largest absolute Gasteiger partial charge is 0.496 e. The summed E-state index contributed by atoms with van der Waals surface area (Å²) >= 11 is 0. The fourth-order valence-corrected chi connectivity index (χ4v) is 2.03. The topological polar surface area (TPSA) is 64.3 Å². The van der Waals surface area contributed by atoms with Gasteiger partial charge in [-0.2, -0.15) is 0 Å². The molecule has 2 rings (SSSR count). The summed E-state index contributed by atoms with van der Waals surface area (Å²) in [4.78, 5) is 10.7. The van der Waals surface area contributed by atoms with E-state index in [0.717, 1.165) is 29.4 Å². The lowest BCUT2D eigenvalue weighted by molar-refractivity contribution is 0.409. The van der Waals surface area contributed by atoms with Crippen LogP contribution >= 0.6 is 0 Å². The van der Waals surface area contributed by atoms with Gasteiger partial charge in [0.2, 0.25) is 0 Å². The van der Waals surface area contributed by atoms with Gasteiger partial charge in [-0.05, 0) is 6.07 Å². The number of anilines is 2. The molecule has 106 valence electrons. The van der Waals surface area contributed by atoms with Gasteiger partial charge >= 0.3 is 0 Å². The number of aryl methyl sites for hydroxylation is 1. The monoisotopic (exact) mass is 272 g/mol. The number of nitrogens with two attached hydrogens (primary N) is 1. The number of methoxy groups -OCH3 is 1. The summed E-state index contributed by atoms with van der Waals surface area (Å²) < 4.78 is 5.37. The predicted octanol–water partition coefficient (Wildman–Crippen LogP) is 2.27. The molecular formula is C15H20N4O. The molecule has 0 atom stereocenters. The first-order chi connectivity index (χ1) is 9.63. The number of nitrogen functional groups attached to an aromatic ring is 1. The van der Waals surface area contributed by atoms with E-state index < -0.39 is 0 Å². The van der Waals surface area contributed by atoms with Gasteiger partial charge < -0.3 is 15.4 Å². The number of aromatic nitrogens is 2. The van der Waals surface area contributed by atoms with Crippen molar-refractivity contribution in [2.45, 2.75) is 19.9 Å². The van der Waals surface area contributed by atoms with E-state index in [1.165, 1.54) is 0 Å². The lowest BCUT2D eigenvalue weighted by Gasteiger charge is -2.20. The molecule has 0 saturated heterocycles. The van der Waals surface area contributed by atoms with Gasteiger partial charge in [0.25, 0.3) is 0 Å². The van der Waals surface area contributed by atoms with Crippen molar-refractivity contribution in [3.8, 4) is 5.75 Å². The Hall–Kier alpha value is -2.30. The molecule has 1 aromatic carbocycles. The van der Waals surface area contributed by atoms with Crippen molar-refractivity contribution in [2.75, 3.05) is 24.8 Å². The highest BCUT2D eigenvalue weighted by Crippen LogP contribution is 2.21. The molecule has 0 spiro atoms. The minimum absolute atomic E-state index is 0.499. The summed E-state index contributed by atoms with van der Waals surface area (Å²) in [7, 11) is 3.66. The average molecular weight is 272 g/mol. The van der Waals surface area contributed by atoms with E-state index >= 15 is 0 Å². The highest BCUT2D eigenvalue weighted by atomic mass is 16.5. The number of hydrogen-bond donors (Lipinski definition) is 1. The van der Waals surface area contributed by atoms with Crippen LogP contribution in [0.2, 0.25) is 0 Å². The molecule has 0 radical (unpaired) electrons. The summed E-state index contributed by atoms with van der Waals surface area (Å²) in [6, 6.07) is 9.74. The molecule has 1 heterocycles. The molecule has 2 aromatic rings. The van der Waals surface area contributed by atoms with Crippen molar-refractivity contribution in [3.63, 3.8) is 0 Å². The van der Waals surface area contributed by atoms with Crippen LogP contribution < -0.4 is 15.4 Å². The van der Waals surface area contributed by atoms with Crippen molar-refractivity contribution < 1.29 is 4.74 Å². The van der Waals surface area contributed by atoms with Crippen LogP contribution in [-0.2, 0) is 13.0 Å². The minimum Gasteiger partial charge on any atom is -0.496 e. The Morgan fingerprint density at radius 3 is 2.70 bits per heavy atom. The molecule has 20 heavy (non-hydrogen) atoms. The predicted molar refractivity (Wildman–Crippen MR) is 80.9 cm³/mol. The summed E-state index contributed by atoms with van der Waals surface area (Å²) in [6.45, 7) is 2.71. The Labute approximate surface area is 119 Å². The van der Waals surface area contributed by atoms with Crippen molar-refractivity contribution in [3.05, 3.63) is 41.7 Å². The Morgan fingerprint density at radius 2 is 2.00 bits per heavy atom. The van der Waals surface area contributed by atoms with Crippen LogP contribution in [0.15, 0.2) is 30.3 Å². The number of benzene rings is 1. The standard InChI is InChI=1S/C15H20N4O/c1-4-14-17-13(16)9-15(18-14)19(2)10-11-7-5-6-8-12(11)20-3/h5-9H,4,10H2,1-3H3,(H2,16,17,18). The van der Waals surface area contributed by atoms with Gasteiger partial charge in [0.15, 0.2) is 0 Å². The molecule has 0 aliphatic heterocycles. The molecule has 5 heteroatoms. The summed E-state index contributed by atoms with van der Waals surface area (Å²) in [5.41, 5.74) is 6.92. The van der Waals surface area contributed by atoms with Gasteiger partial charge in [-0.3, -0.25) is 0 Å². The van der Waals surface area contributed by atoms with Gasteiger partial charge in [-0.25, -0.2) is 9.97 Å². The minimum atomic E-state index is 0.499. The van der Waals surface area contributed by atoms with Gasteiger partial charge in [-0.15, -0.1) is 0 Å². The van der Waals surface area contributed by atoms with Crippen LogP contribution in [0.3, 0.4) is 0 Å². The molecule has 0 aliphatic rings. The van der Waals surface area contributed by atoms with Crippen molar-refractivity contribution in [2.24, 2.45) is 0 Å². The quantitative estimate of drug-likeness (QED) is 0.904. The number of ether oxygens (including phenoxy) is 1. The van der Waals surface area contributed by atoms with Gasteiger partial charge in [0, 0.05) is 31.6 Å². The fourth-order valence-electron chi connectivity index (χ4n) is 2.03. The van der Waals surface area contributed by atoms with Crippen molar-refractivity contribution in [1.29, 1.82) is 0 Å². The third-order valence-corrected chi connectivity index (χ3v) is 3.09. The number of nitrogens with zero attached hydrogens (tertiary/aromatic N) is 3. The molecule has 1 aromatic heterocycles. The molecule has 0 saturated carbocycles. The Kier molecular flexibility index (Phi) is 4.40. The maximum atomic E-state index is 5.82. The Bertz CT molecular complexity index is 586. The first-order valence-electron chi connectivity index (χ1n) is 6.60. The zero-order chi connectivity index (χ0) is 14.5. The average Bonchev–Trinajstić information content (AvgIpc) is 2.47. The second kappa shape index (κ2) is 6.23. The summed E-state index contributed by atoms with van der Waals surface area (Å²) in [5, 5.41) is 0. The number of para-hydroxylation sites is 1. The Balaban J connectivity index is 2.23. The van der Waals surface area contributed by atoms with Crippen LogP contribution in [-0.4, -0.2) is 24.1 Å². The molecule has 5 nitrogen and oxygen atoms in total. The van der Waals surface area contributed by atoms with Crippen LogP contribution in [0.4, 0.5) is 11.6 Å². The number of rotatable bonds is 5. The SMILES string of the molecule is CCc1nc(N)cc(N(C)Cc2ccccc2OC)n1. The molecular weight excluding hydrogens is 252 g/mol. The van der Waals surface area contributed by atoms with Crippen LogP contribution in [0, 0.1) is 0 Å². The van der Waals surface area contributed by atoms with E-state index in [0.29, 0.717) is 12.4 Å². The molecule has 0 bridgehead atoms. The fraction of sp³-hybridized carbons (Fsp3) is 0.333. The normalized spacial score (nSPS) is 10.3. The zero-order valence-corrected chi connectivity index (χ0v) is 12.1. The maximum Gasteiger partial charge on any atom is 0.134 e. The van der Waals surface area contributed by atoms with Crippen molar-refractivity contribution in [1.82, 2.24) is 9.97 Å². The molecule has 0 unspecified atom stereocenters. The van der Waals surface area contributed by atoms with Crippen LogP contribution in [0.25, 0.3) is 0 Å². The van der Waals surface area contributed by atoms with Crippen LogP contribution in [0.5, 0.6) is 5.75 Å². The van der Waals surface area contributed by atoms with E-state index in [1.54, 1.807) is 13.2 Å². The third-order valence-electron chi connectivity index (χ3n) is 3.09. The lowest BCUT2D eigenvalue weighted by Crippen LogP contribution is -2.19. The second-order valence-electron chi connectivity index (χ2n) is 4.59. The Morgan fingerprint density at radius 1 is 1.25 bits per heavy atom. The molecule has 0 fully saturated rings. The van der Waals surface area contributed by atoms with E-state index in [2.05, 4.69) is 9.97 Å². The zero-order valence-electron chi connectivity index (χ0n) is 12.1. The van der Waals surface area contributed by atoms with E-state index in [9.17, 15) is 0 Å². The van der Waals surface area contributed by atoms with E-state index in [1.807, 2.05) is 43.1 Å². The van der Waals surface area contributed by atoms with Crippen molar-refractivity contribution >= 4 is 11.6 Å². The summed E-state index contributed by atoms with van der Waals surface area (Å²) in [6.07, 6.45) is 0.764.